The van der Waals surface area contributed by atoms with Gasteiger partial charge in [-0.1, -0.05) is 0 Å². The molecule has 0 fully saturated rings. The van der Waals surface area contributed by atoms with Gasteiger partial charge in [0.05, 0.1) is 7.11 Å². The molecule has 27 heavy (non-hydrogen) atoms. The molecule has 0 saturated carbocycles. The Morgan fingerprint density at radius 1 is 1.26 bits per heavy atom. The summed E-state index contributed by atoms with van der Waals surface area (Å²) in [5.41, 5.74) is 9.10. The van der Waals surface area contributed by atoms with Crippen LogP contribution in [0.2, 0.25) is 0 Å². The van der Waals surface area contributed by atoms with Crippen molar-refractivity contribution in [3.63, 3.8) is 0 Å². The lowest BCUT2D eigenvalue weighted by Gasteiger charge is -2.21. The first-order valence-corrected chi connectivity index (χ1v) is 8.78. The number of aryl methyl sites for hydroxylation is 3. The number of esters is 1. The van der Waals surface area contributed by atoms with Crippen LogP contribution in [0.4, 0.5) is 8.78 Å². The van der Waals surface area contributed by atoms with E-state index in [-0.39, 0.29) is 23.9 Å². The summed E-state index contributed by atoms with van der Waals surface area (Å²) in [7, 11) is 1.26. The predicted octanol–water partition coefficient (Wildman–Crippen LogP) is 3.26. The summed E-state index contributed by atoms with van der Waals surface area (Å²) in [6.07, 6.45) is 1.19. The summed E-state index contributed by atoms with van der Waals surface area (Å²) < 4.78 is 33.2. The molecular weight excluding hydrogens is 354 g/mol. The smallest absolute Gasteiger partial charge is 0.355 e. The lowest BCUT2D eigenvalue weighted by atomic mass is 9.91. The Bertz CT molecular complexity index is 920. The van der Waals surface area contributed by atoms with Crippen LogP contribution in [0.15, 0.2) is 18.2 Å². The average molecular weight is 376 g/mol. The maximum Gasteiger partial charge on any atom is 0.355 e. The highest BCUT2D eigenvalue weighted by molar-refractivity contribution is 5.95. The van der Waals surface area contributed by atoms with E-state index in [1.165, 1.54) is 23.8 Å². The molecule has 0 radical (unpaired) electrons. The second-order valence-electron chi connectivity index (χ2n) is 7.02. The Balaban J connectivity index is 1.85. The highest BCUT2D eigenvalue weighted by atomic mass is 19.2. The van der Waals surface area contributed by atoms with Gasteiger partial charge in [-0.15, -0.1) is 0 Å². The number of hydrogen-bond acceptors (Lipinski definition) is 4. The zero-order chi connectivity index (χ0) is 19.9. The molecule has 0 saturated heterocycles. The van der Waals surface area contributed by atoms with Gasteiger partial charge in [0.1, 0.15) is 5.69 Å². The Hall–Kier alpha value is -2.54. The number of hydrogen-bond donors (Lipinski definition) is 1. The van der Waals surface area contributed by atoms with E-state index >= 15 is 0 Å². The summed E-state index contributed by atoms with van der Waals surface area (Å²) in [4.78, 5) is 24.9. The predicted molar refractivity (Wildman–Crippen MR) is 95.9 cm³/mol. The van der Waals surface area contributed by atoms with Gasteiger partial charge in [0.15, 0.2) is 11.6 Å². The fourth-order valence-corrected chi connectivity index (χ4v) is 3.98. The summed E-state index contributed by atoms with van der Waals surface area (Å²) in [6.45, 7) is 3.46. The molecule has 2 atom stereocenters. The van der Waals surface area contributed by atoms with Crippen LogP contribution in [0.1, 0.15) is 56.4 Å². The van der Waals surface area contributed by atoms with Crippen molar-refractivity contribution >= 4 is 11.9 Å². The van der Waals surface area contributed by atoms with Gasteiger partial charge in [-0.25, -0.2) is 13.6 Å². The van der Waals surface area contributed by atoms with Crippen LogP contribution in [-0.4, -0.2) is 29.6 Å². The quantitative estimate of drug-likeness (QED) is 0.832. The first-order chi connectivity index (χ1) is 12.7. The molecule has 7 heteroatoms. The number of carbonyl (C=O) groups excluding carboxylic acids is 2. The average Bonchev–Trinajstić information content (AvgIpc) is 3.14. The van der Waals surface area contributed by atoms with E-state index in [1.54, 1.807) is 19.9 Å². The molecule has 2 N–H and O–H groups in total. The summed E-state index contributed by atoms with van der Waals surface area (Å²) >= 11 is 0. The van der Waals surface area contributed by atoms with Crippen molar-refractivity contribution in [3.05, 3.63) is 57.9 Å². The van der Waals surface area contributed by atoms with Crippen molar-refractivity contribution in [1.29, 1.82) is 0 Å². The minimum absolute atomic E-state index is 0.0257. The molecule has 144 valence electrons. The normalized spacial score (nSPS) is 16.9. The number of rotatable bonds is 4. The largest absolute Gasteiger partial charge is 0.464 e. The third-order valence-corrected chi connectivity index (χ3v) is 5.24. The standard InChI is InChI=1S/C20H22F2N2O3/c1-10-6-11(2)24(19(10)20(26)27-3)18(25)9-17(23)13-5-4-12-7-15(21)16(22)8-14(12)13/h6-8,13,17H,4-5,9,23H2,1-3H3. The molecule has 0 spiro atoms. The maximum atomic E-state index is 13.6. The summed E-state index contributed by atoms with van der Waals surface area (Å²) in [5.74, 6) is -2.95. The number of nitrogens with two attached hydrogens (primary N) is 1. The van der Waals surface area contributed by atoms with Crippen molar-refractivity contribution < 1.29 is 23.1 Å². The number of benzene rings is 1. The van der Waals surface area contributed by atoms with E-state index in [2.05, 4.69) is 0 Å². The lowest BCUT2D eigenvalue weighted by Crippen LogP contribution is -2.33. The van der Waals surface area contributed by atoms with Gasteiger partial charge in [-0.2, -0.15) is 0 Å². The van der Waals surface area contributed by atoms with E-state index in [0.29, 0.717) is 29.7 Å². The second kappa shape index (κ2) is 7.23. The maximum absolute atomic E-state index is 13.6. The fraction of sp³-hybridized carbons (Fsp3) is 0.400. The lowest BCUT2D eigenvalue weighted by molar-refractivity contribution is 0.0578. The molecule has 1 aliphatic rings. The Morgan fingerprint density at radius 2 is 1.93 bits per heavy atom. The molecule has 1 aliphatic carbocycles. The van der Waals surface area contributed by atoms with Gasteiger partial charge in [-0.05, 0) is 61.6 Å². The number of aromatic nitrogens is 1. The van der Waals surface area contributed by atoms with Gasteiger partial charge in [0, 0.05) is 24.1 Å². The van der Waals surface area contributed by atoms with E-state index in [0.717, 1.165) is 5.56 Å². The first kappa shape index (κ1) is 19.2. The van der Waals surface area contributed by atoms with Crippen LogP contribution in [0.3, 0.4) is 0 Å². The Morgan fingerprint density at radius 3 is 2.59 bits per heavy atom. The number of fused-ring (bicyclic) bond motifs is 1. The number of carbonyl (C=O) groups is 2. The van der Waals surface area contributed by atoms with Gasteiger partial charge < -0.3 is 10.5 Å². The Kier molecular flexibility index (Phi) is 5.15. The molecular formula is C20H22F2N2O3. The van der Waals surface area contributed by atoms with E-state index in [9.17, 15) is 18.4 Å². The third-order valence-electron chi connectivity index (χ3n) is 5.24. The van der Waals surface area contributed by atoms with Crippen LogP contribution in [-0.2, 0) is 11.2 Å². The van der Waals surface area contributed by atoms with Gasteiger partial charge >= 0.3 is 5.97 Å². The molecule has 1 heterocycles. The van der Waals surface area contributed by atoms with Gasteiger partial charge in [0.25, 0.3) is 0 Å². The molecule has 2 unspecified atom stereocenters. The summed E-state index contributed by atoms with van der Waals surface area (Å²) in [5, 5.41) is 0. The highest BCUT2D eigenvalue weighted by Crippen LogP contribution is 2.37. The van der Waals surface area contributed by atoms with Crippen molar-refractivity contribution in [3.8, 4) is 0 Å². The monoisotopic (exact) mass is 376 g/mol. The molecule has 1 aromatic heterocycles. The fourth-order valence-electron chi connectivity index (χ4n) is 3.98. The van der Waals surface area contributed by atoms with E-state index < -0.39 is 23.6 Å². The van der Waals surface area contributed by atoms with Crippen molar-refractivity contribution in [2.24, 2.45) is 5.73 Å². The van der Waals surface area contributed by atoms with Crippen molar-refractivity contribution in [2.75, 3.05) is 7.11 Å². The highest BCUT2D eigenvalue weighted by Gasteiger charge is 2.32. The third kappa shape index (κ3) is 3.39. The Labute approximate surface area is 156 Å². The zero-order valence-electron chi connectivity index (χ0n) is 15.5. The zero-order valence-corrected chi connectivity index (χ0v) is 15.5. The van der Waals surface area contributed by atoms with E-state index in [1.807, 2.05) is 0 Å². The first-order valence-electron chi connectivity index (χ1n) is 8.78. The van der Waals surface area contributed by atoms with Gasteiger partial charge in [0.2, 0.25) is 5.91 Å². The summed E-state index contributed by atoms with van der Waals surface area (Å²) in [6, 6.07) is 3.54. The molecule has 5 nitrogen and oxygen atoms in total. The van der Waals surface area contributed by atoms with Crippen LogP contribution in [0.25, 0.3) is 0 Å². The number of nitrogens with zero attached hydrogens (tertiary/aromatic N) is 1. The van der Waals surface area contributed by atoms with Crippen molar-refractivity contribution in [2.45, 2.75) is 45.1 Å². The van der Waals surface area contributed by atoms with Crippen LogP contribution in [0.5, 0.6) is 0 Å². The molecule has 0 bridgehead atoms. The van der Waals surface area contributed by atoms with Crippen molar-refractivity contribution in [1.82, 2.24) is 4.57 Å². The van der Waals surface area contributed by atoms with Crippen LogP contribution in [0, 0.1) is 25.5 Å². The van der Waals surface area contributed by atoms with E-state index in [4.69, 9.17) is 10.5 Å². The van der Waals surface area contributed by atoms with Crippen LogP contribution >= 0.6 is 0 Å². The molecule has 1 aromatic carbocycles. The molecule has 0 aliphatic heterocycles. The molecule has 3 rings (SSSR count). The number of ether oxygens (including phenoxy) is 1. The topological polar surface area (TPSA) is 74.3 Å². The molecule has 0 amide bonds. The number of halogens is 2. The minimum Gasteiger partial charge on any atom is -0.464 e. The minimum atomic E-state index is -0.913. The number of methoxy groups -OCH3 is 1. The molecule has 2 aromatic rings. The second-order valence-corrected chi connectivity index (χ2v) is 7.02. The van der Waals surface area contributed by atoms with Crippen LogP contribution < -0.4 is 5.73 Å². The van der Waals surface area contributed by atoms with Gasteiger partial charge in [-0.3, -0.25) is 9.36 Å². The SMILES string of the molecule is COC(=O)c1c(C)cc(C)n1C(=O)CC(N)C1CCc2cc(F)c(F)cc21.